The highest BCUT2D eigenvalue weighted by molar-refractivity contribution is 5.69. The Morgan fingerprint density at radius 1 is 1.17 bits per heavy atom. The highest BCUT2D eigenvalue weighted by atomic mass is 19.1. The molecule has 3 N–H and O–H groups in total. The molecule has 2 aliphatic rings. The summed E-state index contributed by atoms with van der Waals surface area (Å²) in [5.74, 6) is 0.913. The Morgan fingerprint density at radius 3 is 2.64 bits per heavy atom. The van der Waals surface area contributed by atoms with Gasteiger partial charge in [0, 0.05) is 56.8 Å². The molecule has 1 atom stereocenters. The molecular weight excluding hydrogens is 459 g/mol. The molecule has 9 heteroatoms. The smallest absolute Gasteiger partial charge is 0.149 e. The number of nitriles is 1. The summed E-state index contributed by atoms with van der Waals surface area (Å²) < 4.78 is 25.4. The van der Waals surface area contributed by atoms with Crippen molar-refractivity contribution in [1.29, 1.82) is 5.26 Å². The van der Waals surface area contributed by atoms with Gasteiger partial charge in [-0.1, -0.05) is 0 Å². The average molecular weight is 497 g/mol. The van der Waals surface area contributed by atoms with Crippen molar-refractivity contribution in [1.82, 2.24) is 15.3 Å². The SMILES string of the molecule is COC[C@H](C)NC1CCC(Nc2cc(-c3ccnc(NCC4(C#N)CCOCC4)c3)c(F)cn2)CC1. The maximum atomic E-state index is 14.8. The Hall–Kier alpha value is -2.80. The molecule has 0 aromatic carbocycles. The van der Waals surface area contributed by atoms with Crippen LogP contribution in [-0.4, -0.2) is 61.6 Å². The van der Waals surface area contributed by atoms with E-state index in [1.165, 1.54) is 6.20 Å². The van der Waals surface area contributed by atoms with Crippen LogP contribution in [0.3, 0.4) is 0 Å². The van der Waals surface area contributed by atoms with Crippen molar-refractivity contribution in [2.45, 2.75) is 63.6 Å². The quantitative estimate of drug-likeness (QED) is 0.446. The second-order valence-corrected chi connectivity index (χ2v) is 10.1. The molecule has 0 radical (unpaired) electrons. The van der Waals surface area contributed by atoms with Crippen LogP contribution in [0.25, 0.3) is 11.1 Å². The number of aromatic nitrogens is 2. The maximum absolute atomic E-state index is 14.8. The Kier molecular flexibility index (Phi) is 9.08. The summed E-state index contributed by atoms with van der Waals surface area (Å²) in [5.41, 5.74) is 0.724. The van der Waals surface area contributed by atoms with Gasteiger partial charge in [-0.05, 0) is 69.2 Å². The number of hydrogen-bond acceptors (Lipinski definition) is 8. The van der Waals surface area contributed by atoms with Crippen molar-refractivity contribution in [2.24, 2.45) is 5.41 Å². The van der Waals surface area contributed by atoms with Crippen molar-refractivity contribution in [3.63, 3.8) is 0 Å². The molecule has 2 aromatic rings. The molecule has 4 rings (SSSR count). The number of pyridine rings is 2. The van der Waals surface area contributed by atoms with E-state index in [2.05, 4.69) is 38.9 Å². The van der Waals surface area contributed by atoms with Crippen molar-refractivity contribution in [3.05, 3.63) is 36.4 Å². The number of methoxy groups -OCH3 is 1. The maximum Gasteiger partial charge on any atom is 0.149 e. The first-order valence-electron chi connectivity index (χ1n) is 12.9. The summed E-state index contributed by atoms with van der Waals surface area (Å²) >= 11 is 0. The van der Waals surface area contributed by atoms with Gasteiger partial charge in [-0.2, -0.15) is 5.26 Å². The van der Waals surface area contributed by atoms with Crippen molar-refractivity contribution < 1.29 is 13.9 Å². The van der Waals surface area contributed by atoms with Gasteiger partial charge in [0.25, 0.3) is 0 Å². The fourth-order valence-electron chi connectivity index (χ4n) is 5.10. The number of hydrogen-bond donors (Lipinski definition) is 3. The Balaban J connectivity index is 1.37. The van der Waals surface area contributed by atoms with Gasteiger partial charge in [0.15, 0.2) is 0 Å². The van der Waals surface area contributed by atoms with Gasteiger partial charge in [-0.15, -0.1) is 0 Å². The lowest BCUT2D eigenvalue weighted by molar-refractivity contribution is 0.0455. The van der Waals surface area contributed by atoms with Gasteiger partial charge in [0.2, 0.25) is 0 Å². The van der Waals surface area contributed by atoms with E-state index < -0.39 is 5.41 Å². The molecule has 2 fully saturated rings. The van der Waals surface area contributed by atoms with E-state index >= 15 is 0 Å². The topological polar surface area (TPSA) is 104 Å². The van der Waals surface area contributed by atoms with Crippen molar-refractivity contribution >= 4 is 11.6 Å². The van der Waals surface area contributed by atoms with Gasteiger partial charge in [-0.25, -0.2) is 14.4 Å². The van der Waals surface area contributed by atoms with Crippen molar-refractivity contribution in [3.8, 4) is 17.2 Å². The van der Waals surface area contributed by atoms with E-state index in [9.17, 15) is 9.65 Å². The fourth-order valence-corrected chi connectivity index (χ4v) is 5.10. The molecule has 36 heavy (non-hydrogen) atoms. The lowest BCUT2D eigenvalue weighted by Gasteiger charge is -2.32. The first kappa shape index (κ1) is 26.3. The van der Waals surface area contributed by atoms with E-state index in [4.69, 9.17) is 9.47 Å². The predicted octanol–water partition coefficient (Wildman–Crippen LogP) is 4.36. The van der Waals surface area contributed by atoms with Crippen molar-refractivity contribution in [2.75, 3.05) is 44.1 Å². The first-order valence-corrected chi connectivity index (χ1v) is 12.9. The fraction of sp³-hybridized carbons (Fsp3) is 0.593. The third-order valence-corrected chi connectivity index (χ3v) is 7.24. The second kappa shape index (κ2) is 12.4. The highest BCUT2D eigenvalue weighted by Gasteiger charge is 2.32. The number of ether oxygens (including phenoxy) is 2. The van der Waals surface area contributed by atoms with Crippen LogP contribution in [0.4, 0.5) is 16.0 Å². The molecule has 0 bridgehead atoms. The van der Waals surface area contributed by atoms with E-state index in [0.29, 0.717) is 80.1 Å². The van der Waals surface area contributed by atoms with Crippen LogP contribution in [0.5, 0.6) is 0 Å². The van der Waals surface area contributed by atoms with Gasteiger partial charge < -0.3 is 25.4 Å². The number of nitrogens with one attached hydrogen (secondary N) is 3. The normalized spacial score (nSPS) is 22.4. The molecule has 0 spiro atoms. The van der Waals surface area contributed by atoms with Gasteiger partial charge in [-0.3, -0.25) is 0 Å². The third kappa shape index (κ3) is 6.90. The Bertz CT molecular complexity index is 1030. The molecule has 8 nitrogen and oxygen atoms in total. The lowest BCUT2D eigenvalue weighted by atomic mass is 9.82. The summed E-state index contributed by atoms with van der Waals surface area (Å²) in [5, 5.41) is 20.1. The summed E-state index contributed by atoms with van der Waals surface area (Å²) in [7, 11) is 1.73. The molecule has 1 aliphatic carbocycles. The van der Waals surface area contributed by atoms with Crippen LogP contribution in [0.15, 0.2) is 30.6 Å². The molecule has 0 unspecified atom stereocenters. The summed E-state index contributed by atoms with van der Waals surface area (Å²) in [6.45, 7) is 4.51. The molecule has 1 saturated carbocycles. The summed E-state index contributed by atoms with van der Waals surface area (Å²) in [4.78, 5) is 8.67. The number of halogens is 1. The molecule has 194 valence electrons. The Morgan fingerprint density at radius 2 is 1.92 bits per heavy atom. The zero-order valence-corrected chi connectivity index (χ0v) is 21.2. The monoisotopic (exact) mass is 496 g/mol. The lowest BCUT2D eigenvalue weighted by Crippen LogP contribution is -2.42. The van der Waals surface area contributed by atoms with E-state index in [-0.39, 0.29) is 5.82 Å². The molecule has 1 saturated heterocycles. The minimum atomic E-state index is -0.467. The van der Waals surface area contributed by atoms with Crippen LogP contribution < -0.4 is 16.0 Å². The molecular formula is C27H37FN6O2. The predicted molar refractivity (Wildman–Crippen MR) is 138 cm³/mol. The second-order valence-electron chi connectivity index (χ2n) is 10.1. The van der Waals surface area contributed by atoms with Crippen LogP contribution in [0, 0.1) is 22.6 Å². The van der Waals surface area contributed by atoms with E-state index in [0.717, 1.165) is 25.7 Å². The minimum Gasteiger partial charge on any atom is -0.383 e. The zero-order chi connectivity index (χ0) is 25.4. The van der Waals surface area contributed by atoms with Gasteiger partial charge in [0.05, 0.1) is 24.3 Å². The molecule has 1 aliphatic heterocycles. The highest BCUT2D eigenvalue weighted by Crippen LogP contribution is 2.31. The summed E-state index contributed by atoms with van der Waals surface area (Å²) in [6, 6.07) is 8.98. The van der Waals surface area contributed by atoms with Crippen LogP contribution >= 0.6 is 0 Å². The largest absolute Gasteiger partial charge is 0.383 e. The third-order valence-electron chi connectivity index (χ3n) is 7.24. The number of rotatable bonds is 10. The molecule has 0 amide bonds. The Labute approximate surface area is 213 Å². The van der Waals surface area contributed by atoms with Crippen LogP contribution in [0.1, 0.15) is 45.4 Å². The van der Waals surface area contributed by atoms with Gasteiger partial charge in [0.1, 0.15) is 17.5 Å². The molecule has 2 aromatic heterocycles. The summed E-state index contributed by atoms with van der Waals surface area (Å²) in [6.07, 6.45) is 8.53. The van der Waals surface area contributed by atoms with Crippen LogP contribution in [0.2, 0.25) is 0 Å². The first-order chi connectivity index (χ1) is 17.5. The standard InChI is InChI=1S/C27H37FN6O2/c1-19(16-35-2)33-21-3-5-22(6-4-21)34-26-14-23(24(28)15-31-26)20-7-10-30-25(13-20)32-18-27(17-29)8-11-36-12-9-27/h7,10,13-15,19,21-22,33H,3-6,8-9,11-12,16,18H2,1-2H3,(H,30,32)(H,31,34)/t19-,21?,22?/m0/s1. The minimum absolute atomic E-state index is 0.308. The van der Waals surface area contributed by atoms with E-state index in [1.807, 2.05) is 6.07 Å². The number of anilines is 2. The average Bonchev–Trinajstić information content (AvgIpc) is 2.90. The molecule has 3 heterocycles. The number of nitrogens with zero attached hydrogens (tertiary/aromatic N) is 3. The van der Waals surface area contributed by atoms with Crippen LogP contribution in [-0.2, 0) is 9.47 Å². The van der Waals surface area contributed by atoms with E-state index in [1.54, 1.807) is 25.4 Å². The van der Waals surface area contributed by atoms with Gasteiger partial charge >= 0.3 is 0 Å². The zero-order valence-electron chi connectivity index (χ0n) is 21.2.